The smallest absolute Gasteiger partial charge is 0.117 e. The van der Waals surface area contributed by atoms with E-state index in [1.807, 2.05) is 11.8 Å². The first-order valence-corrected chi connectivity index (χ1v) is 7.97. The Kier molecular flexibility index (Phi) is 4.14. The highest BCUT2D eigenvalue weighted by Gasteiger charge is 2.50. The summed E-state index contributed by atoms with van der Waals surface area (Å²) in [7, 11) is 0. The zero-order valence-corrected chi connectivity index (χ0v) is 12.1. The van der Waals surface area contributed by atoms with E-state index in [1.165, 1.54) is 19.3 Å². The maximum absolute atomic E-state index is 6.31. The van der Waals surface area contributed by atoms with E-state index < -0.39 is 0 Å². The van der Waals surface area contributed by atoms with Gasteiger partial charge in [0.25, 0.3) is 0 Å². The second kappa shape index (κ2) is 5.07. The molecule has 0 amide bonds. The third-order valence-electron chi connectivity index (χ3n) is 4.02. The van der Waals surface area contributed by atoms with E-state index in [4.69, 9.17) is 16.3 Å². The van der Waals surface area contributed by atoms with Crippen molar-refractivity contribution in [2.75, 3.05) is 11.6 Å². The Hall–Kier alpha value is 0.600. The molecule has 2 rings (SSSR count). The number of rotatable bonds is 2. The van der Waals surface area contributed by atoms with Gasteiger partial charge in [0.15, 0.2) is 0 Å². The average molecular weight is 263 g/mol. The van der Waals surface area contributed by atoms with Crippen molar-refractivity contribution in [3.63, 3.8) is 0 Å². The van der Waals surface area contributed by atoms with Gasteiger partial charge in [0.05, 0.1) is 6.10 Å². The molecule has 1 heterocycles. The molecule has 2 aliphatic rings. The van der Waals surface area contributed by atoms with Crippen LogP contribution in [0.4, 0.5) is 0 Å². The van der Waals surface area contributed by atoms with Crippen LogP contribution in [0, 0.1) is 17.8 Å². The van der Waals surface area contributed by atoms with Crippen LogP contribution in [0.15, 0.2) is 0 Å². The second-order valence-electron chi connectivity index (χ2n) is 5.75. The van der Waals surface area contributed by atoms with Gasteiger partial charge >= 0.3 is 0 Å². The Morgan fingerprint density at radius 1 is 1.44 bits per heavy atom. The molecule has 1 aliphatic heterocycles. The van der Waals surface area contributed by atoms with Crippen molar-refractivity contribution in [1.29, 1.82) is 0 Å². The zero-order chi connectivity index (χ0) is 11.8. The van der Waals surface area contributed by atoms with Gasteiger partial charge in [0, 0.05) is 11.6 Å². The summed E-state index contributed by atoms with van der Waals surface area (Å²) in [6.45, 7) is 7.02. The summed E-state index contributed by atoms with van der Waals surface area (Å²) in [5, 5.41) is 0. The lowest BCUT2D eigenvalue weighted by Crippen LogP contribution is -2.43. The summed E-state index contributed by atoms with van der Waals surface area (Å²) in [6, 6.07) is 0. The van der Waals surface area contributed by atoms with E-state index >= 15 is 0 Å². The van der Waals surface area contributed by atoms with Gasteiger partial charge in [-0.3, -0.25) is 0 Å². The molecule has 1 saturated heterocycles. The van der Waals surface area contributed by atoms with Crippen molar-refractivity contribution in [3.05, 3.63) is 0 Å². The first-order valence-electron chi connectivity index (χ1n) is 6.45. The van der Waals surface area contributed by atoms with Crippen LogP contribution in [0.25, 0.3) is 0 Å². The van der Waals surface area contributed by atoms with Gasteiger partial charge in [-0.1, -0.05) is 27.2 Å². The number of ether oxygens (including phenoxy) is 1. The van der Waals surface area contributed by atoms with Crippen molar-refractivity contribution in [1.82, 2.24) is 0 Å². The molecule has 3 heteroatoms. The highest BCUT2D eigenvalue weighted by atomic mass is 35.5. The van der Waals surface area contributed by atoms with Crippen molar-refractivity contribution >= 4 is 23.4 Å². The normalized spacial score (nSPS) is 44.4. The van der Waals surface area contributed by atoms with Crippen LogP contribution in [0.1, 0.15) is 40.0 Å². The molecule has 1 saturated carbocycles. The van der Waals surface area contributed by atoms with Crippen LogP contribution < -0.4 is 0 Å². The van der Waals surface area contributed by atoms with Gasteiger partial charge in [-0.25, -0.2) is 0 Å². The molecule has 0 aromatic heterocycles. The Morgan fingerprint density at radius 2 is 2.19 bits per heavy atom. The first-order chi connectivity index (χ1) is 7.57. The van der Waals surface area contributed by atoms with Gasteiger partial charge in [-0.2, -0.15) is 0 Å². The second-order valence-corrected chi connectivity index (χ2v) is 7.38. The topological polar surface area (TPSA) is 9.23 Å². The molecule has 1 aliphatic carbocycles. The van der Waals surface area contributed by atoms with Crippen LogP contribution in [0.3, 0.4) is 0 Å². The molecule has 0 unspecified atom stereocenters. The summed E-state index contributed by atoms with van der Waals surface area (Å²) >= 11 is 7.97. The molecule has 1 spiro atoms. The number of hydrogen-bond donors (Lipinski definition) is 0. The maximum atomic E-state index is 6.31. The van der Waals surface area contributed by atoms with Crippen molar-refractivity contribution in [2.45, 2.75) is 51.1 Å². The van der Waals surface area contributed by atoms with Gasteiger partial charge in [-0.05, 0) is 30.6 Å². The SMILES string of the molecule is CC(C)[C@H]1CC[C@@H](C)C[C@@]12O[C@H](CCl)CS2. The van der Waals surface area contributed by atoms with E-state index in [0.29, 0.717) is 17.7 Å². The maximum Gasteiger partial charge on any atom is 0.117 e. The largest absolute Gasteiger partial charge is 0.359 e. The van der Waals surface area contributed by atoms with Crippen LogP contribution in [-0.2, 0) is 4.74 Å². The van der Waals surface area contributed by atoms with Gasteiger partial charge < -0.3 is 4.74 Å². The number of hydrogen-bond acceptors (Lipinski definition) is 2. The summed E-state index contributed by atoms with van der Waals surface area (Å²) in [4.78, 5) is 0.0887. The van der Waals surface area contributed by atoms with E-state index in [-0.39, 0.29) is 11.0 Å². The molecule has 94 valence electrons. The predicted molar refractivity (Wildman–Crippen MR) is 72.1 cm³/mol. The molecule has 0 radical (unpaired) electrons. The molecule has 16 heavy (non-hydrogen) atoms. The van der Waals surface area contributed by atoms with Crippen molar-refractivity contribution in [3.8, 4) is 0 Å². The fraction of sp³-hybridized carbons (Fsp3) is 1.00. The van der Waals surface area contributed by atoms with Gasteiger partial charge in [0.1, 0.15) is 4.93 Å². The minimum absolute atomic E-state index is 0.0887. The third-order valence-corrected chi connectivity index (χ3v) is 5.96. The molecule has 0 bridgehead atoms. The summed E-state index contributed by atoms with van der Waals surface area (Å²) in [5.74, 6) is 3.96. The van der Waals surface area contributed by atoms with Crippen molar-refractivity contribution in [2.24, 2.45) is 17.8 Å². The summed E-state index contributed by atoms with van der Waals surface area (Å²) in [5.41, 5.74) is 0. The summed E-state index contributed by atoms with van der Waals surface area (Å²) < 4.78 is 6.31. The summed E-state index contributed by atoms with van der Waals surface area (Å²) in [6.07, 6.45) is 4.17. The van der Waals surface area contributed by atoms with E-state index in [9.17, 15) is 0 Å². The molecule has 4 atom stereocenters. The quantitative estimate of drug-likeness (QED) is 0.692. The minimum atomic E-state index is 0.0887. The highest BCUT2D eigenvalue weighted by molar-refractivity contribution is 8.00. The standard InChI is InChI=1S/C13H23ClOS/c1-9(2)12-5-4-10(3)6-13(12)15-11(7-14)8-16-13/h9-12H,4-8H2,1-3H3/t10-,11-,12-,13+/m1/s1. The molecular formula is C13H23ClOS. The van der Waals surface area contributed by atoms with Crippen molar-refractivity contribution < 1.29 is 4.74 Å². The number of halogens is 1. The molecule has 1 nitrogen and oxygen atoms in total. The zero-order valence-electron chi connectivity index (χ0n) is 10.5. The third kappa shape index (κ3) is 2.39. The Bertz CT molecular complexity index is 246. The lowest BCUT2D eigenvalue weighted by Gasteiger charge is -2.44. The molecule has 2 fully saturated rings. The molecular weight excluding hydrogens is 240 g/mol. The van der Waals surface area contributed by atoms with Crippen LogP contribution in [0.2, 0.25) is 0 Å². The lowest BCUT2D eigenvalue weighted by atomic mass is 9.75. The van der Waals surface area contributed by atoms with Gasteiger partial charge in [0.2, 0.25) is 0 Å². The fourth-order valence-corrected chi connectivity index (χ4v) is 5.39. The lowest BCUT2D eigenvalue weighted by molar-refractivity contribution is -0.0772. The van der Waals surface area contributed by atoms with Crippen LogP contribution >= 0.6 is 23.4 Å². The minimum Gasteiger partial charge on any atom is -0.359 e. The van der Waals surface area contributed by atoms with Gasteiger partial charge in [-0.15, -0.1) is 23.4 Å². The fourth-order valence-electron chi connectivity index (χ4n) is 3.23. The van der Waals surface area contributed by atoms with E-state index in [1.54, 1.807) is 0 Å². The Balaban J connectivity index is 2.13. The number of thioether (sulfide) groups is 1. The monoisotopic (exact) mass is 262 g/mol. The molecule has 0 aromatic carbocycles. The molecule has 0 aromatic rings. The highest BCUT2D eigenvalue weighted by Crippen LogP contribution is 2.53. The predicted octanol–water partition coefficient (Wildman–Crippen LogP) is 4.15. The van der Waals surface area contributed by atoms with Crippen LogP contribution in [0.5, 0.6) is 0 Å². The Morgan fingerprint density at radius 3 is 2.75 bits per heavy atom. The first kappa shape index (κ1) is 13.0. The average Bonchev–Trinajstić information content (AvgIpc) is 2.61. The van der Waals surface area contributed by atoms with E-state index in [2.05, 4.69) is 20.8 Å². The van der Waals surface area contributed by atoms with Crippen LogP contribution in [-0.4, -0.2) is 22.7 Å². The van der Waals surface area contributed by atoms with E-state index in [0.717, 1.165) is 11.7 Å². The molecule has 0 N–H and O–H groups in total. The Labute approximate surface area is 109 Å². The number of alkyl halides is 1.